The molecule has 0 aliphatic heterocycles. The number of fused-ring (bicyclic) bond motifs is 5. The molecule has 0 aromatic rings. The average molecular weight is 403 g/mol. The molecule has 4 rings (SSSR count). The molecule has 4 aliphatic rings. The molecule has 168 valence electrons. The maximum atomic E-state index is 6.98. The van der Waals surface area contributed by atoms with E-state index in [-0.39, 0.29) is 0 Å². The highest BCUT2D eigenvalue weighted by Gasteiger charge is 2.63. The molecule has 0 aromatic heterocycles. The Hall–Kier alpha value is -0.0800. The third-order valence-electron chi connectivity index (χ3n) is 11.4. The van der Waals surface area contributed by atoms with Gasteiger partial charge in [0.1, 0.15) is 0 Å². The second-order valence-corrected chi connectivity index (χ2v) is 13.1. The fourth-order valence-electron chi connectivity index (χ4n) is 9.35. The number of nitrogens with two attached hydrogens (primary N) is 2. The van der Waals surface area contributed by atoms with Crippen LogP contribution in [0, 0.1) is 58.2 Å². The maximum Gasteiger partial charge on any atom is 0.00757 e. The second-order valence-electron chi connectivity index (χ2n) is 13.1. The number of hydrogen-bond acceptors (Lipinski definition) is 2. The van der Waals surface area contributed by atoms with E-state index < -0.39 is 0 Å². The van der Waals surface area contributed by atoms with Crippen molar-refractivity contribution in [2.45, 2.75) is 111 Å². The van der Waals surface area contributed by atoms with Gasteiger partial charge >= 0.3 is 0 Å². The molecule has 0 saturated heterocycles. The van der Waals surface area contributed by atoms with Gasteiger partial charge in [0.15, 0.2) is 0 Å². The lowest BCUT2D eigenvalue weighted by molar-refractivity contribution is -0.0994. The normalized spacial score (nSPS) is 51.4. The molecule has 11 unspecified atom stereocenters. The van der Waals surface area contributed by atoms with Crippen LogP contribution in [0.4, 0.5) is 0 Å². The van der Waals surface area contributed by atoms with E-state index in [1.165, 1.54) is 57.8 Å². The van der Waals surface area contributed by atoms with Gasteiger partial charge in [-0.1, -0.05) is 54.4 Å². The Morgan fingerprint density at radius 1 is 0.862 bits per heavy atom. The van der Waals surface area contributed by atoms with E-state index in [1.807, 2.05) is 0 Å². The molecule has 29 heavy (non-hydrogen) atoms. The van der Waals surface area contributed by atoms with Crippen molar-refractivity contribution < 1.29 is 0 Å². The van der Waals surface area contributed by atoms with E-state index in [2.05, 4.69) is 41.5 Å². The molecule has 4 N–H and O–H groups in total. The van der Waals surface area contributed by atoms with E-state index in [0.29, 0.717) is 22.9 Å². The van der Waals surface area contributed by atoms with Gasteiger partial charge in [0.25, 0.3) is 0 Å². The Kier molecular flexibility index (Phi) is 5.95. The summed E-state index contributed by atoms with van der Waals surface area (Å²) in [4.78, 5) is 0. The van der Waals surface area contributed by atoms with Crippen LogP contribution in [0.3, 0.4) is 0 Å². The van der Waals surface area contributed by atoms with Crippen molar-refractivity contribution in [3.63, 3.8) is 0 Å². The van der Waals surface area contributed by atoms with Crippen molar-refractivity contribution in [3.05, 3.63) is 0 Å². The third kappa shape index (κ3) is 3.53. The molecule has 0 radical (unpaired) electrons. The van der Waals surface area contributed by atoms with E-state index in [9.17, 15) is 0 Å². The van der Waals surface area contributed by atoms with Gasteiger partial charge in [-0.2, -0.15) is 0 Å². The first-order chi connectivity index (χ1) is 13.6. The van der Waals surface area contributed by atoms with Crippen LogP contribution < -0.4 is 11.5 Å². The first kappa shape index (κ1) is 22.1. The lowest BCUT2D eigenvalue weighted by Gasteiger charge is -2.60. The molecule has 0 heterocycles. The molecule has 2 heteroatoms. The maximum absolute atomic E-state index is 6.98. The summed E-state index contributed by atoms with van der Waals surface area (Å²) in [6.07, 6.45) is 12.3. The first-order valence-corrected chi connectivity index (χ1v) is 13.1. The van der Waals surface area contributed by atoms with Crippen molar-refractivity contribution in [1.82, 2.24) is 0 Å². The van der Waals surface area contributed by atoms with Gasteiger partial charge in [0, 0.05) is 12.1 Å². The summed E-state index contributed by atoms with van der Waals surface area (Å²) in [6, 6.07) is 0.839. The molecule has 0 aromatic carbocycles. The zero-order valence-electron chi connectivity index (χ0n) is 20.3. The highest BCUT2D eigenvalue weighted by Crippen LogP contribution is 2.68. The molecule has 11 atom stereocenters. The molecule has 0 spiro atoms. The largest absolute Gasteiger partial charge is 0.328 e. The monoisotopic (exact) mass is 402 g/mol. The summed E-state index contributed by atoms with van der Waals surface area (Å²) in [5.41, 5.74) is 14.5. The van der Waals surface area contributed by atoms with Crippen LogP contribution in [-0.2, 0) is 0 Å². The molecule has 4 fully saturated rings. The molecular weight excluding hydrogens is 352 g/mol. The smallest absolute Gasteiger partial charge is 0.00757 e. The Morgan fingerprint density at radius 2 is 1.55 bits per heavy atom. The van der Waals surface area contributed by atoms with Crippen molar-refractivity contribution in [2.75, 3.05) is 0 Å². The van der Waals surface area contributed by atoms with Gasteiger partial charge in [-0.25, -0.2) is 0 Å². The Balaban J connectivity index is 1.50. The van der Waals surface area contributed by atoms with Gasteiger partial charge < -0.3 is 11.5 Å². The predicted molar refractivity (Wildman–Crippen MR) is 124 cm³/mol. The zero-order valence-corrected chi connectivity index (χ0v) is 20.3. The lowest BCUT2D eigenvalue weighted by Crippen LogP contribution is -2.58. The molecule has 2 nitrogen and oxygen atoms in total. The van der Waals surface area contributed by atoms with Crippen molar-refractivity contribution in [3.8, 4) is 0 Å². The van der Waals surface area contributed by atoms with E-state index in [1.54, 1.807) is 0 Å². The zero-order chi connectivity index (χ0) is 21.1. The van der Waals surface area contributed by atoms with Crippen LogP contribution in [-0.4, -0.2) is 12.1 Å². The summed E-state index contributed by atoms with van der Waals surface area (Å²) in [5, 5.41) is 0. The van der Waals surface area contributed by atoms with Crippen molar-refractivity contribution in [1.29, 1.82) is 0 Å². The van der Waals surface area contributed by atoms with Crippen LogP contribution >= 0.6 is 0 Å². The van der Waals surface area contributed by atoms with Gasteiger partial charge in [-0.05, 0) is 103 Å². The van der Waals surface area contributed by atoms with Gasteiger partial charge in [-0.3, -0.25) is 0 Å². The fourth-order valence-corrected chi connectivity index (χ4v) is 9.35. The highest BCUT2D eigenvalue weighted by molar-refractivity contribution is 5.13. The summed E-state index contributed by atoms with van der Waals surface area (Å²) in [6.45, 7) is 15.1. The summed E-state index contributed by atoms with van der Waals surface area (Å²) in [5.74, 6) is 6.68. The minimum atomic E-state index is 0.419. The Bertz CT molecular complexity index is 587. The molecule has 0 bridgehead atoms. The van der Waals surface area contributed by atoms with E-state index >= 15 is 0 Å². The molecule has 4 saturated carbocycles. The highest BCUT2D eigenvalue weighted by atomic mass is 14.8. The number of hydrogen-bond donors (Lipinski definition) is 2. The molecule has 4 aliphatic carbocycles. The van der Waals surface area contributed by atoms with E-state index in [4.69, 9.17) is 11.5 Å². The SMILES string of the molecule is CC(C)C(C)CCC(C)C1CCC2C3C(N)CC4CC(N)CC4(C)C3CCC12C. The van der Waals surface area contributed by atoms with Gasteiger partial charge in [-0.15, -0.1) is 0 Å². The minimum Gasteiger partial charge on any atom is -0.328 e. The van der Waals surface area contributed by atoms with Crippen LogP contribution in [0.1, 0.15) is 99.3 Å². The third-order valence-corrected chi connectivity index (χ3v) is 11.4. The molecular formula is C27H50N2. The fraction of sp³-hybridized carbons (Fsp3) is 1.00. The quantitative estimate of drug-likeness (QED) is 0.573. The summed E-state index contributed by atoms with van der Waals surface area (Å²) in [7, 11) is 0. The van der Waals surface area contributed by atoms with Gasteiger partial charge in [0.05, 0.1) is 0 Å². The Morgan fingerprint density at radius 3 is 2.24 bits per heavy atom. The minimum absolute atomic E-state index is 0.419. The summed E-state index contributed by atoms with van der Waals surface area (Å²) < 4.78 is 0. The van der Waals surface area contributed by atoms with Crippen LogP contribution in [0.25, 0.3) is 0 Å². The van der Waals surface area contributed by atoms with E-state index in [0.717, 1.165) is 47.3 Å². The Labute approximate surface area is 181 Å². The predicted octanol–water partition coefficient (Wildman–Crippen LogP) is 6.23. The average Bonchev–Trinajstić information content (AvgIpc) is 3.14. The first-order valence-electron chi connectivity index (χ1n) is 13.1. The summed E-state index contributed by atoms with van der Waals surface area (Å²) >= 11 is 0. The molecule has 0 amide bonds. The topological polar surface area (TPSA) is 52.0 Å². The van der Waals surface area contributed by atoms with Crippen molar-refractivity contribution >= 4 is 0 Å². The van der Waals surface area contributed by atoms with Crippen LogP contribution in [0.15, 0.2) is 0 Å². The van der Waals surface area contributed by atoms with Crippen LogP contribution in [0.5, 0.6) is 0 Å². The number of rotatable bonds is 5. The lowest BCUT2D eigenvalue weighted by atomic mass is 9.46. The second kappa shape index (κ2) is 7.80. The van der Waals surface area contributed by atoms with Gasteiger partial charge in [0.2, 0.25) is 0 Å². The van der Waals surface area contributed by atoms with Crippen molar-refractivity contribution in [2.24, 2.45) is 69.6 Å². The standard InChI is InChI=1S/C27H50N2/c1-16(2)17(3)7-8-18(4)21-9-10-22-25-23(11-12-26(21,22)5)27(6)15-20(28)13-19(27)14-24(25)29/h16-25H,7-15,28-29H2,1-6H3. The van der Waals surface area contributed by atoms with Crippen LogP contribution in [0.2, 0.25) is 0 Å².